The number of hydrogen-bond acceptors (Lipinski definition) is 3. The standard InChI is InChI=1S/C17H20N2O2/c1-12-5-4-6-16(11-12)14(3)18-13(2)15-7-9-17(10-8-15)19(20)21/h4-11,13-14,18H,1-3H3/t13?,14-/m0/s1. The van der Waals surface area contributed by atoms with Crippen LogP contribution in [0.3, 0.4) is 0 Å². The molecule has 0 aliphatic rings. The second kappa shape index (κ2) is 6.50. The number of nitro groups is 1. The number of non-ortho nitro benzene ring substituents is 1. The van der Waals surface area contributed by atoms with Crippen LogP contribution in [-0.4, -0.2) is 4.92 Å². The van der Waals surface area contributed by atoms with Gasteiger partial charge in [0.1, 0.15) is 0 Å². The van der Waals surface area contributed by atoms with Gasteiger partial charge in [-0.05, 0) is 31.9 Å². The van der Waals surface area contributed by atoms with E-state index in [1.165, 1.54) is 11.1 Å². The molecule has 110 valence electrons. The molecule has 1 unspecified atom stereocenters. The Morgan fingerprint density at radius 1 is 1.00 bits per heavy atom. The minimum Gasteiger partial charge on any atom is -0.304 e. The molecule has 1 N–H and O–H groups in total. The third-order valence-electron chi connectivity index (χ3n) is 3.65. The van der Waals surface area contributed by atoms with E-state index in [0.29, 0.717) is 0 Å². The van der Waals surface area contributed by atoms with E-state index in [2.05, 4.69) is 50.4 Å². The van der Waals surface area contributed by atoms with Gasteiger partial charge < -0.3 is 5.32 Å². The number of nitro benzene ring substituents is 1. The largest absolute Gasteiger partial charge is 0.304 e. The van der Waals surface area contributed by atoms with Crippen LogP contribution in [-0.2, 0) is 0 Å². The maximum absolute atomic E-state index is 10.7. The van der Waals surface area contributed by atoms with Gasteiger partial charge in [-0.25, -0.2) is 0 Å². The molecule has 2 rings (SSSR count). The Morgan fingerprint density at radius 2 is 1.62 bits per heavy atom. The Kier molecular flexibility index (Phi) is 4.70. The number of aryl methyl sites for hydroxylation is 1. The van der Waals surface area contributed by atoms with Crippen molar-refractivity contribution in [2.24, 2.45) is 0 Å². The fraction of sp³-hybridized carbons (Fsp3) is 0.294. The van der Waals surface area contributed by atoms with E-state index in [1.807, 2.05) is 0 Å². The lowest BCUT2D eigenvalue weighted by molar-refractivity contribution is -0.384. The van der Waals surface area contributed by atoms with E-state index in [4.69, 9.17) is 0 Å². The van der Waals surface area contributed by atoms with Crippen LogP contribution in [0.4, 0.5) is 5.69 Å². The molecule has 0 fully saturated rings. The van der Waals surface area contributed by atoms with Gasteiger partial charge in [0.2, 0.25) is 0 Å². The number of nitrogens with one attached hydrogen (secondary N) is 1. The molecule has 4 heteroatoms. The van der Waals surface area contributed by atoms with Crippen LogP contribution in [0.25, 0.3) is 0 Å². The van der Waals surface area contributed by atoms with Crippen LogP contribution in [0, 0.1) is 17.0 Å². The molecular weight excluding hydrogens is 264 g/mol. The van der Waals surface area contributed by atoms with Gasteiger partial charge in [0.05, 0.1) is 4.92 Å². The zero-order chi connectivity index (χ0) is 15.4. The molecule has 2 atom stereocenters. The summed E-state index contributed by atoms with van der Waals surface area (Å²) in [6, 6.07) is 15.5. The Hall–Kier alpha value is -2.20. The van der Waals surface area contributed by atoms with Crippen LogP contribution in [0.1, 0.15) is 42.6 Å². The number of rotatable bonds is 5. The molecule has 0 heterocycles. The van der Waals surface area contributed by atoms with E-state index in [1.54, 1.807) is 24.3 Å². The summed E-state index contributed by atoms with van der Waals surface area (Å²) in [6.07, 6.45) is 0. The third-order valence-corrected chi connectivity index (χ3v) is 3.65. The van der Waals surface area contributed by atoms with Gasteiger partial charge in [-0.15, -0.1) is 0 Å². The van der Waals surface area contributed by atoms with Crippen molar-refractivity contribution in [2.45, 2.75) is 32.9 Å². The molecule has 2 aromatic rings. The van der Waals surface area contributed by atoms with Gasteiger partial charge in [0.15, 0.2) is 0 Å². The normalized spacial score (nSPS) is 13.7. The average Bonchev–Trinajstić information content (AvgIpc) is 2.47. The van der Waals surface area contributed by atoms with Crippen molar-refractivity contribution in [1.29, 1.82) is 0 Å². The van der Waals surface area contributed by atoms with Crippen molar-refractivity contribution in [2.75, 3.05) is 0 Å². The summed E-state index contributed by atoms with van der Waals surface area (Å²) in [5.74, 6) is 0. The number of nitrogens with zero attached hydrogens (tertiary/aromatic N) is 1. The second-order valence-corrected chi connectivity index (χ2v) is 5.37. The highest BCUT2D eigenvalue weighted by Crippen LogP contribution is 2.22. The smallest absolute Gasteiger partial charge is 0.269 e. The van der Waals surface area contributed by atoms with Gasteiger partial charge >= 0.3 is 0 Å². The van der Waals surface area contributed by atoms with Gasteiger partial charge in [-0.3, -0.25) is 10.1 Å². The van der Waals surface area contributed by atoms with Crippen LogP contribution in [0.5, 0.6) is 0 Å². The van der Waals surface area contributed by atoms with Crippen molar-refractivity contribution in [3.05, 3.63) is 75.3 Å². The first-order valence-electron chi connectivity index (χ1n) is 7.04. The lowest BCUT2D eigenvalue weighted by atomic mass is 10.0. The van der Waals surface area contributed by atoms with Crippen LogP contribution in [0.2, 0.25) is 0 Å². The predicted molar refractivity (Wildman–Crippen MR) is 84.2 cm³/mol. The molecule has 21 heavy (non-hydrogen) atoms. The van der Waals surface area contributed by atoms with Crippen LogP contribution in [0.15, 0.2) is 48.5 Å². The molecule has 0 saturated carbocycles. The first kappa shape index (κ1) is 15.2. The molecule has 4 nitrogen and oxygen atoms in total. The summed E-state index contributed by atoms with van der Waals surface area (Å²) in [7, 11) is 0. The quantitative estimate of drug-likeness (QED) is 0.657. The maximum atomic E-state index is 10.7. The van der Waals surface area contributed by atoms with Crippen molar-refractivity contribution in [3.63, 3.8) is 0 Å². The SMILES string of the molecule is Cc1cccc([C@H](C)NC(C)c2ccc([N+](=O)[O-])cc2)c1. The molecule has 0 spiro atoms. The highest BCUT2D eigenvalue weighted by molar-refractivity contribution is 5.34. The molecule has 0 amide bonds. The fourth-order valence-corrected chi connectivity index (χ4v) is 2.39. The maximum Gasteiger partial charge on any atom is 0.269 e. The molecule has 2 aromatic carbocycles. The summed E-state index contributed by atoms with van der Waals surface area (Å²) < 4.78 is 0. The minimum atomic E-state index is -0.378. The van der Waals surface area contributed by atoms with Crippen molar-refractivity contribution in [3.8, 4) is 0 Å². The minimum absolute atomic E-state index is 0.123. The molecule has 0 radical (unpaired) electrons. The van der Waals surface area contributed by atoms with Crippen molar-refractivity contribution < 1.29 is 4.92 Å². The third kappa shape index (κ3) is 3.89. The Morgan fingerprint density at radius 3 is 2.19 bits per heavy atom. The summed E-state index contributed by atoms with van der Waals surface area (Å²) in [6.45, 7) is 6.26. The Labute approximate surface area is 125 Å². The van der Waals surface area contributed by atoms with Crippen molar-refractivity contribution in [1.82, 2.24) is 5.32 Å². The zero-order valence-corrected chi connectivity index (χ0v) is 12.5. The molecule has 0 aromatic heterocycles. The van der Waals surface area contributed by atoms with Crippen LogP contribution < -0.4 is 5.32 Å². The highest BCUT2D eigenvalue weighted by atomic mass is 16.6. The summed E-state index contributed by atoms with van der Waals surface area (Å²) in [5.41, 5.74) is 3.64. The number of hydrogen-bond donors (Lipinski definition) is 1. The van der Waals surface area contributed by atoms with E-state index in [0.717, 1.165) is 5.56 Å². The lowest BCUT2D eigenvalue weighted by Gasteiger charge is -2.21. The van der Waals surface area contributed by atoms with Gasteiger partial charge in [0.25, 0.3) is 5.69 Å². The lowest BCUT2D eigenvalue weighted by Crippen LogP contribution is -2.22. The zero-order valence-electron chi connectivity index (χ0n) is 12.5. The van der Waals surface area contributed by atoms with E-state index < -0.39 is 0 Å². The first-order valence-corrected chi connectivity index (χ1v) is 7.04. The Bertz CT molecular complexity index is 623. The average molecular weight is 284 g/mol. The van der Waals surface area contributed by atoms with Crippen molar-refractivity contribution >= 4 is 5.69 Å². The second-order valence-electron chi connectivity index (χ2n) is 5.37. The molecule has 0 saturated heterocycles. The fourth-order valence-electron chi connectivity index (χ4n) is 2.39. The van der Waals surface area contributed by atoms with Gasteiger partial charge in [0, 0.05) is 24.2 Å². The molecule has 0 aliphatic carbocycles. The molecule has 0 bridgehead atoms. The summed E-state index contributed by atoms with van der Waals surface area (Å²) in [4.78, 5) is 10.3. The first-order chi connectivity index (χ1) is 9.97. The van der Waals surface area contributed by atoms with Crippen LogP contribution >= 0.6 is 0 Å². The highest BCUT2D eigenvalue weighted by Gasteiger charge is 2.12. The number of benzene rings is 2. The molecule has 0 aliphatic heterocycles. The summed E-state index contributed by atoms with van der Waals surface area (Å²) >= 11 is 0. The van der Waals surface area contributed by atoms with E-state index >= 15 is 0 Å². The van der Waals surface area contributed by atoms with Gasteiger partial charge in [-0.2, -0.15) is 0 Å². The van der Waals surface area contributed by atoms with Gasteiger partial charge in [-0.1, -0.05) is 42.0 Å². The predicted octanol–water partition coefficient (Wildman–Crippen LogP) is 4.32. The summed E-state index contributed by atoms with van der Waals surface area (Å²) in [5, 5.41) is 14.2. The monoisotopic (exact) mass is 284 g/mol. The van der Waals surface area contributed by atoms with E-state index in [9.17, 15) is 10.1 Å². The molecular formula is C17H20N2O2. The Balaban J connectivity index is 2.06. The van der Waals surface area contributed by atoms with E-state index in [-0.39, 0.29) is 22.7 Å². The topological polar surface area (TPSA) is 55.2 Å².